The van der Waals surface area contributed by atoms with Crippen molar-refractivity contribution < 1.29 is 19.4 Å². The quantitative estimate of drug-likeness (QED) is 0.242. The van der Waals surface area contributed by atoms with Crippen molar-refractivity contribution in [1.29, 1.82) is 0 Å². The van der Waals surface area contributed by atoms with Crippen LogP contribution < -0.4 is 10.1 Å². The normalized spacial score (nSPS) is 33.8. The van der Waals surface area contributed by atoms with Crippen LogP contribution in [0.5, 0.6) is 11.5 Å². The predicted molar refractivity (Wildman–Crippen MR) is 180 cm³/mol. The Balaban J connectivity index is 1.22. The van der Waals surface area contributed by atoms with E-state index in [9.17, 15) is 14.7 Å². The van der Waals surface area contributed by atoms with Crippen molar-refractivity contribution in [3.8, 4) is 11.5 Å². The van der Waals surface area contributed by atoms with Gasteiger partial charge in [-0.3, -0.25) is 14.9 Å². The maximum atomic E-state index is 14.4. The number of imide groups is 1. The van der Waals surface area contributed by atoms with Crippen LogP contribution in [0.4, 0.5) is 0 Å². The van der Waals surface area contributed by atoms with Gasteiger partial charge in [-0.1, -0.05) is 66.5 Å². The summed E-state index contributed by atoms with van der Waals surface area (Å²) in [5, 5.41) is 13.4. The number of fused-ring (bicyclic) bond motifs is 6. The molecular formula is C40H55NO4. The second-order valence-corrected chi connectivity index (χ2v) is 16.4. The third-order valence-electron chi connectivity index (χ3n) is 13.1. The van der Waals surface area contributed by atoms with Gasteiger partial charge in [-0.05, 0) is 139 Å². The van der Waals surface area contributed by atoms with E-state index >= 15 is 0 Å². The molecule has 4 aliphatic carbocycles. The Labute approximate surface area is 270 Å². The molecule has 0 aliphatic heterocycles. The van der Waals surface area contributed by atoms with E-state index in [4.69, 9.17) is 4.74 Å². The number of phenols is 1. The molecule has 0 radical (unpaired) electrons. The van der Waals surface area contributed by atoms with Crippen molar-refractivity contribution in [3.63, 3.8) is 0 Å². The van der Waals surface area contributed by atoms with Gasteiger partial charge in [0.25, 0.3) is 0 Å². The molecule has 2 saturated carbocycles. The van der Waals surface area contributed by atoms with E-state index in [1.54, 1.807) is 6.07 Å². The Morgan fingerprint density at radius 2 is 1.36 bits per heavy atom. The molecule has 2 aromatic rings. The van der Waals surface area contributed by atoms with Crippen molar-refractivity contribution in [2.45, 2.75) is 129 Å². The fraction of sp³-hybridized carbons (Fsp3) is 0.650. The Morgan fingerprint density at radius 1 is 0.822 bits per heavy atom. The first-order valence-corrected chi connectivity index (χ1v) is 17.8. The molecule has 0 bridgehead atoms. The summed E-state index contributed by atoms with van der Waals surface area (Å²) in [4.78, 5) is 28.8. The molecule has 45 heavy (non-hydrogen) atoms. The fourth-order valence-corrected chi connectivity index (χ4v) is 10.6. The van der Waals surface area contributed by atoms with Gasteiger partial charge in [-0.2, -0.15) is 0 Å². The summed E-state index contributed by atoms with van der Waals surface area (Å²) in [5.74, 6) is 1.98. The summed E-state index contributed by atoms with van der Waals surface area (Å²) in [5.41, 5.74) is 3.58. The van der Waals surface area contributed by atoms with Crippen molar-refractivity contribution in [2.24, 2.45) is 28.6 Å². The van der Waals surface area contributed by atoms with Gasteiger partial charge in [0.05, 0.1) is 17.4 Å². The van der Waals surface area contributed by atoms with Crippen LogP contribution in [0, 0.1) is 28.6 Å². The van der Waals surface area contributed by atoms with Crippen LogP contribution in [-0.2, 0) is 33.3 Å². The highest BCUT2D eigenvalue weighted by atomic mass is 16.5. The molecule has 4 aliphatic rings. The minimum absolute atomic E-state index is 0.0877. The molecule has 0 heterocycles. The van der Waals surface area contributed by atoms with Gasteiger partial charge in [-0.15, -0.1) is 0 Å². The number of phenolic OH excluding ortho intramolecular Hbond substituents is 1. The molecule has 5 nitrogen and oxygen atoms in total. The van der Waals surface area contributed by atoms with Crippen LogP contribution in [0.3, 0.4) is 0 Å². The molecule has 2 N–H and O–H groups in total. The first-order valence-electron chi connectivity index (χ1n) is 17.8. The van der Waals surface area contributed by atoms with Gasteiger partial charge in [0.2, 0.25) is 11.8 Å². The first kappa shape index (κ1) is 32.1. The number of hydrogen-bond acceptors (Lipinski definition) is 4. The highest BCUT2D eigenvalue weighted by Crippen LogP contribution is 2.59. The smallest absolute Gasteiger partial charge is 0.232 e. The molecule has 0 saturated heterocycles. The molecule has 2 fully saturated rings. The minimum Gasteiger partial charge on any atom is -0.508 e. The molecule has 6 rings (SSSR count). The van der Waals surface area contributed by atoms with Gasteiger partial charge in [-0.25, -0.2) is 0 Å². The third-order valence-corrected chi connectivity index (χ3v) is 13.1. The number of rotatable bonds is 7. The number of amides is 2. The molecule has 0 spiro atoms. The van der Waals surface area contributed by atoms with E-state index in [0.717, 1.165) is 89.4 Å². The molecular weight excluding hydrogens is 558 g/mol. The van der Waals surface area contributed by atoms with E-state index in [0.29, 0.717) is 5.92 Å². The summed E-state index contributed by atoms with van der Waals surface area (Å²) in [6.07, 6.45) is 11.4. The number of nitrogens with one attached hydrogen (secondary N) is 1. The summed E-state index contributed by atoms with van der Waals surface area (Å²) >= 11 is 0. The Bertz CT molecular complexity index is 1460. The Kier molecular flexibility index (Phi) is 8.40. The number of carbonyl (C=O) groups is 2. The Hall–Kier alpha value is -2.82. The lowest BCUT2D eigenvalue weighted by Crippen LogP contribution is -2.60. The topological polar surface area (TPSA) is 75.6 Å². The van der Waals surface area contributed by atoms with Crippen LogP contribution >= 0.6 is 0 Å². The lowest BCUT2D eigenvalue weighted by molar-refractivity contribution is -0.150. The standard InChI is InChI=1S/C40H55NO4/c1-26(2)10-7-23-45-30-16-12-28-14-18-34-38(4,32(28)25-30)20-9-22-40(34,6)36(44)41-35(43)39(5)21-8-19-37(3)31-24-29(42)15-11-27(31)13-17-33(37)39/h11-12,15-16,24-26,33-34,42H,7-10,13-14,17-23H2,1-6H3,(H,41,43,44)/t33-,34-,37-,38-,39+,40+/m1/s1. The SMILES string of the molecule is CC(C)CCCOc1ccc2c(c1)[C@@]1(C)CCC[C@](C)(C(=O)NC(=O)[C@@]3(C)CCC[C@]4(C)c5cc(O)ccc5CC[C@@H]34)[C@@H]1CC2. The van der Waals surface area contributed by atoms with Crippen molar-refractivity contribution >= 4 is 11.8 Å². The van der Waals surface area contributed by atoms with Crippen LogP contribution in [0.2, 0.25) is 0 Å². The summed E-state index contributed by atoms with van der Waals surface area (Å²) in [7, 11) is 0. The van der Waals surface area contributed by atoms with Gasteiger partial charge < -0.3 is 9.84 Å². The van der Waals surface area contributed by atoms with Crippen molar-refractivity contribution in [2.75, 3.05) is 6.61 Å². The number of hydrogen-bond donors (Lipinski definition) is 2. The monoisotopic (exact) mass is 613 g/mol. The third kappa shape index (κ3) is 5.40. The zero-order valence-electron chi connectivity index (χ0n) is 28.6. The van der Waals surface area contributed by atoms with Crippen LogP contribution in [-0.4, -0.2) is 23.5 Å². The number of carbonyl (C=O) groups excluding carboxylic acids is 2. The largest absolute Gasteiger partial charge is 0.508 e. The van der Waals surface area contributed by atoms with Gasteiger partial charge in [0.15, 0.2) is 0 Å². The molecule has 0 unspecified atom stereocenters. The van der Waals surface area contributed by atoms with E-state index in [-0.39, 0.29) is 40.2 Å². The maximum Gasteiger partial charge on any atom is 0.232 e. The number of benzene rings is 2. The molecule has 244 valence electrons. The number of aryl methyl sites for hydroxylation is 2. The second kappa shape index (κ2) is 11.8. The molecule has 5 heteroatoms. The van der Waals surface area contributed by atoms with Crippen LogP contribution in [0.1, 0.15) is 128 Å². The highest BCUT2D eigenvalue weighted by molar-refractivity contribution is 6.00. The van der Waals surface area contributed by atoms with E-state index in [2.05, 4.69) is 65.1 Å². The first-order chi connectivity index (χ1) is 21.3. The fourth-order valence-electron chi connectivity index (χ4n) is 10.6. The minimum atomic E-state index is -0.638. The van der Waals surface area contributed by atoms with Crippen LogP contribution in [0.25, 0.3) is 0 Å². The second-order valence-electron chi connectivity index (χ2n) is 16.4. The van der Waals surface area contributed by atoms with E-state index < -0.39 is 10.8 Å². The molecule has 2 amide bonds. The van der Waals surface area contributed by atoms with Crippen LogP contribution in [0.15, 0.2) is 36.4 Å². The van der Waals surface area contributed by atoms with E-state index in [1.807, 2.05) is 12.1 Å². The molecule has 2 aromatic carbocycles. The Morgan fingerprint density at radius 3 is 1.91 bits per heavy atom. The summed E-state index contributed by atoms with van der Waals surface area (Å²) in [6, 6.07) is 12.4. The van der Waals surface area contributed by atoms with Crippen molar-refractivity contribution in [1.82, 2.24) is 5.32 Å². The number of aromatic hydroxyl groups is 1. The van der Waals surface area contributed by atoms with Gasteiger partial charge in [0.1, 0.15) is 11.5 Å². The summed E-state index contributed by atoms with van der Waals surface area (Å²) < 4.78 is 6.22. The number of ether oxygens (including phenoxy) is 1. The van der Waals surface area contributed by atoms with Crippen molar-refractivity contribution in [3.05, 3.63) is 58.7 Å². The van der Waals surface area contributed by atoms with Gasteiger partial charge in [0, 0.05) is 0 Å². The maximum absolute atomic E-state index is 14.4. The predicted octanol–water partition coefficient (Wildman–Crippen LogP) is 8.57. The zero-order valence-corrected chi connectivity index (χ0v) is 28.6. The lowest BCUT2D eigenvalue weighted by atomic mass is 9.49. The zero-order chi connectivity index (χ0) is 32.2. The van der Waals surface area contributed by atoms with Gasteiger partial charge >= 0.3 is 0 Å². The lowest BCUT2D eigenvalue weighted by Gasteiger charge is -2.56. The molecule has 0 aromatic heterocycles. The highest BCUT2D eigenvalue weighted by Gasteiger charge is 2.58. The van der Waals surface area contributed by atoms with E-state index in [1.165, 1.54) is 22.3 Å². The average Bonchev–Trinajstić information content (AvgIpc) is 2.99. The molecule has 6 atom stereocenters. The average molecular weight is 614 g/mol. The summed E-state index contributed by atoms with van der Waals surface area (Å²) in [6.45, 7) is 14.1.